The highest BCUT2D eigenvalue weighted by Crippen LogP contribution is 2.31. The van der Waals surface area contributed by atoms with Crippen molar-refractivity contribution in [2.75, 3.05) is 25.4 Å². The maximum absolute atomic E-state index is 9.17. The number of nitrogens with two attached hydrogens (primary N) is 1. The van der Waals surface area contributed by atoms with Crippen molar-refractivity contribution in [3.05, 3.63) is 17.8 Å². The summed E-state index contributed by atoms with van der Waals surface area (Å²) in [6.07, 6.45) is 3.51. The molecule has 0 amide bonds. The van der Waals surface area contributed by atoms with Gasteiger partial charge in [-0.2, -0.15) is 0 Å². The average Bonchev–Trinajstić information content (AvgIpc) is 2.79. The number of hydrogen-bond donors (Lipinski definition) is 2. The highest BCUT2D eigenvalue weighted by atomic mass is 32.1. The van der Waals surface area contributed by atoms with Crippen LogP contribution in [0.3, 0.4) is 0 Å². The molecule has 6 heteroatoms. The van der Waals surface area contributed by atoms with Gasteiger partial charge in [0, 0.05) is 6.54 Å². The second-order valence-electron chi connectivity index (χ2n) is 4.88. The molecule has 2 aromatic heterocycles. The molecule has 1 saturated heterocycles. The summed E-state index contributed by atoms with van der Waals surface area (Å²) in [6, 6.07) is 4.42. The van der Waals surface area contributed by atoms with Crippen LogP contribution in [0.25, 0.3) is 10.3 Å². The topological polar surface area (TPSA) is 75.3 Å². The van der Waals surface area contributed by atoms with E-state index in [4.69, 9.17) is 10.8 Å². The first-order valence-corrected chi connectivity index (χ1v) is 7.47. The molecular weight excluding hydrogens is 260 g/mol. The first-order valence-electron chi connectivity index (χ1n) is 6.66. The van der Waals surface area contributed by atoms with Gasteiger partial charge in [0.1, 0.15) is 0 Å². The van der Waals surface area contributed by atoms with E-state index in [2.05, 4.69) is 27.0 Å². The summed E-state index contributed by atoms with van der Waals surface area (Å²) in [5.74, 6) is 0. The van der Waals surface area contributed by atoms with Crippen LogP contribution in [0.5, 0.6) is 0 Å². The molecule has 0 aromatic carbocycles. The number of hydrogen-bond acceptors (Lipinski definition) is 6. The minimum absolute atomic E-state index is 0.197. The molecule has 3 N–H and O–H groups in total. The van der Waals surface area contributed by atoms with Crippen LogP contribution in [-0.2, 0) is 0 Å². The van der Waals surface area contributed by atoms with E-state index >= 15 is 0 Å². The van der Waals surface area contributed by atoms with Crippen LogP contribution in [0.1, 0.15) is 31.0 Å². The van der Waals surface area contributed by atoms with Crippen LogP contribution < -0.4 is 5.73 Å². The minimum atomic E-state index is 0.197. The fraction of sp³-hybridized carbons (Fsp3) is 0.538. The van der Waals surface area contributed by atoms with E-state index in [1.165, 1.54) is 24.2 Å². The van der Waals surface area contributed by atoms with Gasteiger partial charge in [0.2, 0.25) is 0 Å². The first-order chi connectivity index (χ1) is 9.28. The standard InChI is InChI=1S/C13H18N4OS/c14-13-16-12-11(19-13)5-4-9(15-12)10-3-1-2-6-17(10)7-8-18/h4-5,10,18H,1-3,6-8H2,(H2,14,15,16)/t10-/m0/s1. The molecule has 2 aromatic rings. The Labute approximate surface area is 116 Å². The number of nitrogens with zero attached hydrogens (tertiary/aromatic N) is 3. The molecule has 1 aliphatic rings. The number of pyridine rings is 1. The quantitative estimate of drug-likeness (QED) is 0.895. The Morgan fingerprint density at radius 3 is 3.11 bits per heavy atom. The Morgan fingerprint density at radius 1 is 1.37 bits per heavy atom. The summed E-state index contributed by atoms with van der Waals surface area (Å²) in [5, 5.41) is 9.73. The molecule has 0 unspecified atom stereocenters. The fourth-order valence-electron chi connectivity index (χ4n) is 2.76. The molecule has 102 valence electrons. The highest BCUT2D eigenvalue weighted by Gasteiger charge is 2.24. The molecule has 3 rings (SSSR count). The number of fused-ring (bicyclic) bond motifs is 1. The molecule has 0 aliphatic carbocycles. The van der Waals surface area contributed by atoms with Gasteiger partial charge >= 0.3 is 0 Å². The van der Waals surface area contributed by atoms with Gasteiger partial charge in [-0.15, -0.1) is 0 Å². The number of nitrogen functional groups attached to an aromatic ring is 1. The number of thiazole rings is 1. The number of piperidine rings is 1. The van der Waals surface area contributed by atoms with Crippen LogP contribution in [0, 0.1) is 0 Å². The van der Waals surface area contributed by atoms with E-state index in [-0.39, 0.29) is 6.61 Å². The van der Waals surface area contributed by atoms with Gasteiger partial charge in [-0.25, -0.2) is 9.97 Å². The Kier molecular flexibility index (Phi) is 3.63. The molecule has 0 spiro atoms. The Balaban J connectivity index is 1.92. The fourth-order valence-corrected chi connectivity index (χ4v) is 3.43. The molecule has 0 bridgehead atoms. The largest absolute Gasteiger partial charge is 0.395 e. The van der Waals surface area contributed by atoms with Gasteiger partial charge in [-0.05, 0) is 31.5 Å². The van der Waals surface area contributed by atoms with Gasteiger partial charge in [0.15, 0.2) is 10.8 Å². The maximum atomic E-state index is 9.17. The van der Waals surface area contributed by atoms with Crippen LogP contribution in [0.2, 0.25) is 0 Å². The number of rotatable bonds is 3. The third-order valence-electron chi connectivity index (χ3n) is 3.63. The lowest BCUT2D eigenvalue weighted by molar-refractivity contribution is 0.115. The van der Waals surface area contributed by atoms with Gasteiger partial charge in [0.25, 0.3) is 0 Å². The third-order valence-corrected chi connectivity index (χ3v) is 4.47. The summed E-state index contributed by atoms with van der Waals surface area (Å²) in [6.45, 7) is 1.94. The zero-order valence-electron chi connectivity index (χ0n) is 10.7. The first kappa shape index (κ1) is 12.8. The van der Waals surface area contributed by atoms with E-state index in [0.717, 1.165) is 29.0 Å². The molecule has 1 aliphatic heterocycles. The van der Waals surface area contributed by atoms with Crippen molar-refractivity contribution in [3.63, 3.8) is 0 Å². The van der Waals surface area contributed by atoms with E-state index in [1.807, 2.05) is 0 Å². The monoisotopic (exact) mass is 278 g/mol. The van der Waals surface area contributed by atoms with Crippen molar-refractivity contribution < 1.29 is 5.11 Å². The number of anilines is 1. The summed E-state index contributed by atoms with van der Waals surface area (Å²) in [5.41, 5.74) is 7.51. The lowest BCUT2D eigenvalue weighted by atomic mass is 9.99. The summed E-state index contributed by atoms with van der Waals surface area (Å²) < 4.78 is 1.03. The van der Waals surface area contributed by atoms with Gasteiger partial charge < -0.3 is 10.8 Å². The second kappa shape index (κ2) is 5.40. The zero-order valence-corrected chi connectivity index (χ0v) is 11.6. The Hall–Kier alpha value is -1.24. The number of aromatic nitrogens is 2. The molecule has 1 fully saturated rings. The summed E-state index contributed by atoms with van der Waals surface area (Å²) >= 11 is 1.47. The van der Waals surface area contributed by atoms with Crippen LogP contribution in [0.4, 0.5) is 5.13 Å². The molecule has 0 saturated carbocycles. The highest BCUT2D eigenvalue weighted by molar-refractivity contribution is 7.21. The van der Waals surface area contributed by atoms with Crippen molar-refractivity contribution in [1.29, 1.82) is 0 Å². The van der Waals surface area contributed by atoms with Gasteiger partial charge in [0.05, 0.1) is 23.0 Å². The number of likely N-dealkylation sites (tertiary alicyclic amines) is 1. The van der Waals surface area contributed by atoms with E-state index in [0.29, 0.717) is 17.7 Å². The Morgan fingerprint density at radius 2 is 2.26 bits per heavy atom. The lowest BCUT2D eigenvalue weighted by Gasteiger charge is -2.34. The number of aliphatic hydroxyl groups excluding tert-OH is 1. The van der Waals surface area contributed by atoms with E-state index < -0.39 is 0 Å². The normalized spacial score (nSPS) is 21.0. The number of aliphatic hydroxyl groups is 1. The number of β-amino-alcohol motifs (C(OH)–C–C–N with tert-alkyl or cyclic N) is 1. The minimum Gasteiger partial charge on any atom is -0.395 e. The summed E-state index contributed by atoms with van der Waals surface area (Å²) in [4.78, 5) is 11.2. The molecule has 19 heavy (non-hydrogen) atoms. The molecule has 1 atom stereocenters. The Bertz CT molecular complexity index is 569. The smallest absolute Gasteiger partial charge is 0.182 e. The second-order valence-corrected chi connectivity index (χ2v) is 5.94. The predicted molar refractivity (Wildman–Crippen MR) is 77.1 cm³/mol. The molecular formula is C13H18N4OS. The van der Waals surface area contributed by atoms with E-state index in [1.54, 1.807) is 0 Å². The van der Waals surface area contributed by atoms with Gasteiger partial charge in [-0.3, -0.25) is 4.90 Å². The van der Waals surface area contributed by atoms with Crippen molar-refractivity contribution in [3.8, 4) is 0 Å². The van der Waals surface area contributed by atoms with Crippen LogP contribution >= 0.6 is 11.3 Å². The molecule has 5 nitrogen and oxygen atoms in total. The van der Waals surface area contributed by atoms with Crippen LogP contribution in [0.15, 0.2) is 12.1 Å². The SMILES string of the molecule is Nc1nc2nc([C@@H]3CCCCN3CCO)ccc2s1. The predicted octanol–water partition coefficient (Wildman–Crippen LogP) is 1.79. The van der Waals surface area contributed by atoms with E-state index in [9.17, 15) is 0 Å². The van der Waals surface area contributed by atoms with Gasteiger partial charge in [-0.1, -0.05) is 17.8 Å². The van der Waals surface area contributed by atoms with Crippen molar-refractivity contribution in [2.45, 2.75) is 25.3 Å². The van der Waals surface area contributed by atoms with Crippen molar-refractivity contribution >= 4 is 26.8 Å². The third kappa shape index (κ3) is 2.56. The van der Waals surface area contributed by atoms with Crippen LogP contribution in [-0.4, -0.2) is 39.7 Å². The zero-order chi connectivity index (χ0) is 13.2. The lowest BCUT2D eigenvalue weighted by Crippen LogP contribution is -2.35. The average molecular weight is 278 g/mol. The summed E-state index contributed by atoms with van der Waals surface area (Å²) in [7, 11) is 0. The van der Waals surface area contributed by atoms with Crippen molar-refractivity contribution in [2.24, 2.45) is 0 Å². The molecule has 0 radical (unpaired) electrons. The van der Waals surface area contributed by atoms with Crippen molar-refractivity contribution in [1.82, 2.24) is 14.9 Å². The maximum Gasteiger partial charge on any atom is 0.182 e. The molecule has 3 heterocycles.